The number of hydrogen-bond donors (Lipinski definition) is 2. The quantitative estimate of drug-likeness (QED) is 0.802. The van der Waals surface area contributed by atoms with Gasteiger partial charge in [-0.25, -0.2) is 4.98 Å². The fraction of sp³-hybridized carbons (Fsp3) is 0.500. The summed E-state index contributed by atoms with van der Waals surface area (Å²) in [6.45, 7) is 0.846. The maximum Gasteiger partial charge on any atom is 0.165 e. The van der Waals surface area contributed by atoms with Crippen LogP contribution in [0.15, 0.2) is 12.1 Å². The van der Waals surface area contributed by atoms with Crippen LogP contribution >= 0.6 is 0 Å². The van der Waals surface area contributed by atoms with E-state index in [9.17, 15) is 5.11 Å². The van der Waals surface area contributed by atoms with E-state index in [1.807, 2.05) is 24.1 Å². The van der Waals surface area contributed by atoms with Crippen molar-refractivity contribution in [3.8, 4) is 6.07 Å². The third-order valence-electron chi connectivity index (χ3n) is 3.15. The molecule has 0 amide bonds. The van der Waals surface area contributed by atoms with Crippen LogP contribution in [-0.2, 0) is 0 Å². The molecule has 1 fully saturated rings. The summed E-state index contributed by atoms with van der Waals surface area (Å²) in [5.74, 6) is 1.26. The van der Waals surface area contributed by atoms with Crippen molar-refractivity contribution in [2.24, 2.45) is 5.92 Å². The van der Waals surface area contributed by atoms with Gasteiger partial charge in [-0.2, -0.15) is 5.26 Å². The molecule has 5 nitrogen and oxygen atoms in total. The Bertz CT molecular complexity index is 448. The van der Waals surface area contributed by atoms with E-state index in [1.165, 1.54) is 0 Å². The van der Waals surface area contributed by atoms with E-state index in [0.717, 1.165) is 25.2 Å². The molecule has 1 saturated carbocycles. The van der Waals surface area contributed by atoms with E-state index >= 15 is 0 Å². The summed E-state index contributed by atoms with van der Waals surface area (Å²) < 4.78 is 0. The van der Waals surface area contributed by atoms with Gasteiger partial charge >= 0.3 is 0 Å². The lowest BCUT2D eigenvalue weighted by Crippen LogP contribution is -2.37. The molecule has 2 rings (SSSR count). The van der Waals surface area contributed by atoms with Crippen LogP contribution < -0.4 is 10.6 Å². The highest BCUT2D eigenvalue weighted by Gasteiger charge is 2.28. The molecule has 3 N–H and O–H groups in total. The van der Waals surface area contributed by atoms with Gasteiger partial charge in [0.2, 0.25) is 0 Å². The fourth-order valence-electron chi connectivity index (χ4n) is 2.09. The second kappa shape index (κ2) is 4.60. The highest BCUT2D eigenvalue weighted by Crippen LogP contribution is 2.28. The number of aliphatic hydroxyl groups excluding tert-OH is 1. The second-order valence-electron chi connectivity index (χ2n) is 4.59. The molecule has 0 bridgehead atoms. The van der Waals surface area contributed by atoms with Crippen molar-refractivity contribution in [2.75, 3.05) is 24.2 Å². The zero-order valence-corrected chi connectivity index (χ0v) is 9.80. The van der Waals surface area contributed by atoms with Crippen LogP contribution in [0.4, 0.5) is 11.5 Å². The average molecular weight is 232 g/mol. The monoisotopic (exact) mass is 232 g/mol. The number of anilines is 2. The molecule has 1 aromatic heterocycles. The Morgan fingerprint density at radius 2 is 2.29 bits per heavy atom. The van der Waals surface area contributed by atoms with Crippen LogP contribution in [0.2, 0.25) is 0 Å². The number of nitrogens with two attached hydrogens (primary N) is 1. The zero-order valence-electron chi connectivity index (χ0n) is 9.80. The zero-order chi connectivity index (χ0) is 12.4. The molecule has 1 aliphatic rings. The number of pyridine rings is 1. The maximum absolute atomic E-state index is 9.23. The van der Waals surface area contributed by atoms with Gasteiger partial charge in [0.05, 0.1) is 11.8 Å². The molecule has 5 heteroatoms. The van der Waals surface area contributed by atoms with Crippen molar-refractivity contribution < 1.29 is 5.11 Å². The standard InChI is InChI=1S/C12H16N4O/c1-16(7-8-4-9(17)5-8)12-3-2-10(14)11(6-13)15-12/h2-3,8-9,17H,4-5,7,14H2,1H3. The van der Waals surface area contributed by atoms with E-state index < -0.39 is 0 Å². The van der Waals surface area contributed by atoms with Gasteiger partial charge in [-0.05, 0) is 30.9 Å². The van der Waals surface area contributed by atoms with Gasteiger partial charge in [-0.1, -0.05) is 0 Å². The molecule has 90 valence electrons. The highest BCUT2D eigenvalue weighted by molar-refractivity contribution is 5.55. The molecule has 0 radical (unpaired) electrons. The topological polar surface area (TPSA) is 86.2 Å². The van der Waals surface area contributed by atoms with Crippen LogP contribution in [0.5, 0.6) is 0 Å². The first-order chi connectivity index (χ1) is 8.10. The summed E-state index contributed by atoms with van der Waals surface area (Å²) in [5.41, 5.74) is 6.29. The first-order valence-corrected chi connectivity index (χ1v) is 5.66. The third kappa shape index (κ3) is 2.48. The summed E-state index contributed by atoms with van der Waals surface area (Å²) in [5, 5.41) is 18.1. The van der Waals surface area contributed by atoms with Crippen LogP contribution in [0, 0.1) is 17.2 Å². The first-order valence-electron chi connectivity index (χ1n) is 5.66. The summed E-state index contributed by atoms with van der Waals surface area (Å²) in [7, 11) is 1.93. The lowest BCUT2D eigenvalue weighted by atomic mass is 9.82. The molecule has 0 spiro atoms. The van der Waals surface area contributed by atoms with Crippen molar-refractivity contribution in [3.63, 3.8) is 0 Å². The van der Waals surface area contributed by atoms with Gasteiger partial charge in [-0.15, -0.1) is 0 Å². The summed E-state index contributed by atoms with van der Waals surface area (Å²) in [6.07, 6.45) is 1.57. The van der Waals surface area contributed by atoms with Gasteiger partial charge in [0.15, 0.2) is 5.69 Å². The SMILES string of the molecule is CN(CC1CC(O)C1)c1ccc(N)c(C#N)n1. The van der Waals surface area contributed by atoms with E-state index in [-0.39, 0.29) is 11.8 Å². The van der Waals surface area contributed by atoms with E-state index in [1.54, 1.807) is 6.07 Å². The third-order valence-corrected chi connectivity index (χ3v) is 3.15. The van der Waals surface area contributed by atoms with E-state index in [0.29, 0.717) is 11.6 Å². The number of nitrogen functional groups attached to an aromatic ring is 1. The number of hydrogen-bond acceptors (Lipinski definition) is 5. The van der Waals surface area contributed by atoms with Crippen molar-refractivity contribution in [1.29, 1.82) is 5.26 Å². The smallest absolute Gasteiger partial charge is 0.165 e. The fourth-order valence-corrected chi connectivity index (χ4v) is 2.09. The minimum atomic E-state index is -0.137. The Hall–Kier alpha value is -1.80. The molecule has 1 aromatic rings. The van der Waals surface area contributed by atoms with Crippen molar-refractivity contribution in [2.45, 2.75) is 18.9 Å². The lowest BCUT2D eigenvalue weighted by molar-refractivity contribution is 0.0464. The molecule has 0 unspecified atom stereocenters. The Kier molecular flexibility index (Phi) is 3.16. The van der Waals surface area contributed by atoms with Crippen molar-refractivity contribution in [1.82, 2.24) is 4.98 Å². The van der Waals surface area contributed by atoms with Crippen LogP contribution in [0.3, 0.4) is 0 Å². The number of rotatable bonds is 3. The van der Waals surface area contributed by atoms with Crippen LogP contribution in [0.25, 0.3) is 0 Å². The molecule has 1 aliphatic carbocycles. The van der Waals surface area contributed by atoms with Gasteiger partial charge in [0.1, 0.15) is 11.9 Å². The first kappa shape index (κ1) is 11.7. The number of aromatic nitrogens is 1. The molecule has 1 heterocycles. The minimum absolute atomic E-state index is 0.137. The molecule has 0 aliphatic heterocycles. The Balaban J connectivity index is 2.04. The van der Waals surface area contributed by atoms with E-state index in [2.05, 4.69) is 4.98 Å². The molecule has 0 saturated heterocycles. The normalized spacial score (nSPS) is 22.6. The summed E-state index contributed by atoms with van der Waals surface area (Å²) >= 11 is 0. The predicted octanol–water partition coefficient (Wildman–Crippen LogP) is 0.743. The van der Waals surface area contributed by atoms with Gasteiger partial charge in [0.25, 0.3) is 0 Å². The molecule has 0 aromatic carbocycles. The number of nitriles is 1. The van der Waals surface area contributed by atoms with E-state index in [4.69, 9.17) is 11.0 Å². The second-order valence-corrected chi connectivity index (χ2v) is 4.59. The lowest BCUT2D eigenvalue weighted by Gasteiger charge is -2.34. The van der Waals surface area contributed by atoms with Gasteiger partial charge < -0.3 is 15.7 Å². The van der Waals surface area contributed by atoms with Gasteiger partial charge in [0, 0.05) is 13.6 Å². The molecular formula is C12H16N4O. The average Bonchev–Trinajstić information content (AvgIpc) is 2.27. The van der Waals surface area contributed by atoms with Crippen molar-refractivity contribution >= 4 is 11.5 Å². The molecule has 0 atom stereocenters. The number of nitrogens with zero attached hydrogens (tertiary/aromatic N) is 3. The Morgan fingerprint density at radius 3 is 2.88 bits per heavy atom. The molecule has 17 heavy (non-hydrogen) atoms. The van der Waals surface area contributed by atoms with Gasteiger partial charge in [-0.3, -0.25) is 0 Å². The summed E-state index contributed by atoms with van der Waals surface area (Å²) in [6, 6.07) is 5.49. The maximum atomic E-state index is 9.23. The Morgan fingerprint density at radius 1 is 1.59 bits per heavy atom. The van der Waals surface area contributed by atoms with Crippen LogP contribution in [0.1, 0.15) is 18.5 Å². The van der Waals surface area contributed by atoms with Crippen molar-refractivity contribution in [3.05, 3.63) is 17.8 Å². The molecular weight excluding hydrogens is 216 g/mol. The largest absolute Gasteiger partial charge is 0.396 e. The Labute approximate surface area is 100 Å². The minimum Gasteiger partial charge on any atom is -0.396 e. The summed E-state index contributed by atoms with van der Waals surface area (Å²) in [4.78, 5) is 6.20. The predicted molar refractivity (Wildman–Crippen MR) is 65.4 cm³/mol. The highest BCUT2D eigenvalue weighted by atomic mass is 16.3. The number of aliphatic hydroxyl groups is 1. The van der Waals surface area contributed by atoms with Crippen LogP contribution in [-0.4, -0.2) is 29.8 Å².